The van der Waals surface area contributed by atoms with Gasteiger partial charge in [-0.15, -0.1) is 0 Å². The van der Waals surface area contributed by atoms with E-state index in [1.54, 1.807) is 0 Å². The molecule has 1 heterocycles. The summed E-state index contributed by atoms with van der Waals surface area (Å²) in [4.78, 5) is 4.53. The Morgan fingerprint density at radius 1 is 1.32 bits per heavy atom. The van der Waals surface area contributed by atoms with Gasteiger partial charge in [-0.3, -0.25) is 0 Å². The Morgan fingerprint density at radius 3 is 2.89 bits per heavy atom. The minimum Gasteiger partial charge on any atom is -0.490 e. The first kappa shape index (κ1) is 13.8. The standard InChI is InChI=1S/C15H20N2O2/c1-11-6-7-12-4-3-5-14(15(12)17-11)19-10-13(16-2)8-9-18/h3-7,13,16,18H,8-10H2,1-2H3. The Kier molecular flexibility index (Phi) is 4.71. The maximum Gasteiger partial charge on any atom is 0.145 e. The van der Waals surface area contributed by atoms with Gasteiger partial charge in [-0.1, -0.05) is 18.2 Å². The number of rotatable bonds is 6. The number of fused-ring (bicyclic) bond motifs is 1. The number of ether oxygens (including phenoxy) is 1. The highest BCUT2D eigenvalue weighted by Gasteiger charge is 2.08. The lowest BCUT2D eigenvalue weighted by molar-refractivity contribution is 0.220. The van der Waals surface area contributed by atoms with Crippen molar-refractivity contribution in [1.82, 2.24) is 10.3 Å². The average Bonchev–Trinajstić information content (AvgIpc) is 2.43. The highest BCUT2D eigenvalue weighted by Crippen LogP contribution is 2.24. The third-order valence-corrected chi connectivity index (χ3v) is 3.15. The predicted octanol–water partition coefficient (Wildman–Crippen LogP) is 1.89. The molecule has 0 aliphatic heterocycles. The quantitative estimate of drug-likeness (QED) is 0.833. The maximum absolute atomic E-state index is 8.97. The van der Waals surface area contributed by atoms with Crippen LogP contribution in [0.1, 0.15) is 12.1 Å². The van der Waals surface area contributed by atoms with Crippen molar-refractivity contribution in [2.24, 2.45) is 0 Å². The van der Waals surface area contributed by atoms with E-state index < -0.39 is 0 Å². The van der Waals surface area contributed by atoms with Crippen LogP contribution >= 0.6 is 0 Å². The van der Waals surface area contributed by atoms with E-state index >= 15 is 0 Å². The molecule has 4 nitrogen and oxygen atoms in total. The first-order chi connectivity index (χ1) is 9.24. The molecule has 2 rings (SSSR count). The summed E-state index contributed by atoms with van der Waals surface area (Å²) in [5.41, 5.74) is 1.87. The molecule has 2 aromatic rings. The largest absolute Gasteiger partial charge is 0.490 e. The number of nitrogens with one attached hydrogen (secondary N) is 1. The van der Waals surface area contributed by atoms with Gasteiger partial charge in [0, 0.05) is 23.7 Å². The van der Waals surface area contributed by atoms with E-state index in [0.717, 1.165) is 22.3 Å². The van der Waals surface area contributed by atoms with Crippen molar-refractivity contribution in [1.29, 1.82) is 0 Å². The first-order valence-corrected chi connectivity index (χ1v) is 6.52. The Labute approximate surface area is 113 Å². The highest BCUT2D eigenvalue weighted by molar-refractivity contribution is 5.84. The van der Waals surface area contributed by atoms with Gasteiger partial charge >= 0.3 is 0 Å². The third kappa shape index (κ3) is 3.43. The molecule has 0 spiro atoms. The van der Waals surface area contributed by atoms with E-state index in [1.807, 2.05) is 44.3 Å². The van der Waals surface area contributed by atoms with Gasteiger partial charge in [0.25, 0.3) is 0 Å². The lowest BCUT2D eigenvalue weighted by atomic mass is 10.2. The van der Waals surface area contributed by atoms with Gasteiger partial charge < -0.3 is 15.2 Å². The van der Waals surface area contributed by atoms with Crippen molar-refractivity contribution < 1.29 is 9.84 Å². The number of benzene rings is 1. The van der Waals surface area contributed by atoms with Crippen molar-refractivity contribution in [3.63, 3.8) is 0 Å². The van der Waals surface area contributed by atoms with Crippen molar-refractivity contribution in [2.75, 3.05) is 20.3 Å². The van der Waals surface area contributed by atoms with E-state index in [2.05, 4.69) is 10.3 Å². The zero-order valence-electron chi connectivity index (χ0n) is 11.4. The number of hydrogen-bond donors (Lipinski definition) is 2. The Bertz CT molecular complexity index is 543. The van der Waals surface area contributed by atoms with Gasteiger partial charge in [0.15, 0.2) is 0 Å². The second-order valence-corrected chi connectivity index (χ2v) is 4.59. The van der Waals surface area contributed by atoms with E-state index in [-0.39, 0.29) is 12.6 Å². The topological polar surface area (TPSA) is 54.4 Å². The maximum atomic E-state index is 8.97. The summed E-state index contributed by atoms with van der Waals surface area (Å²) in [7, 11) is 1.87. The Morgan fingerprint density at radius 2 is 2.16 bits per heavy atom. The summed E-state index contributed by atoms with van der Waals surface area (Å²) in [6, 6.07) is 10.1. The smallest absolute Gasteiger partial charge is 0.145 e. The first-order valence-electron chi connectivity index (χ1n) is 6.52. The van der Waals surface area contributed by atoms with Crippen molar-refractivity contribution in [3.8, 4) is 5.75 Å². The van der Waals surface area contributed by atoms with E-state index in [0.29, 0.717) is 13.0 Å². The van der Waals surface area contributed by atoms with Gasteiger partial charge in [-0.2, -0.15) is 0 Å². The lowest BCUT2D eigenvalue weighted by Gasteiger charge is -2.16. The molecule has 19 heavy (non-hydrogen) atoms. The minimum atomic E-state index is 0.144. The second-order valence-electron chi connectivity index (χ2n) is 4.59. The summed E-state index contributed by atoms with van der Waals surface area (Å²) in [5, 5.41) is 13.2. The summed E-state index contributed by atoms with van der Waals surface area (Å²) < 4.78 is 5.84. The van der Waals surface area contributed by atoms with Crippen LogP contribution in [0.3, 0.4) is 0 Å². The molecule has 1 unspecified atom stereocenters. The molecule has 0 aliphatic carbocycles. The van der Waals surface area contributed by atoms with Crippen LogP contribution in [0.2, 0.25) is 0 Å². The fourth-order valence-electron chi connectivity index (χ4n) is 1.99. The number of aliphatic hydroxyl groups excluding tert-OH is 1. The van der Waals surface area contributed by atoms with Gasteiger partial charge in [0.1, 0.15) is 17.9 Å². The number of aliphatic hydroxyl groups is 1. The normalized spacial score (nSPS) is 12.6. The van der Waals surface area contributed by atoms with Gasteiger partial charge in [0.2, 0.25) is 0 Å². The number of para-hydroxylation sites is 1. The minimum absolute atomic E-state index is 0.144. The number of aromatic nitrogens is 1. The van der Waals surface area contributed by atoms with Gasteiger partial charge in [-0.05, 0) is 32.5 Å². The zero-order valence-corrected chi connectivity index (χ0v) is 11.4. The average molecular weight is 260 g/mol. The fraction of sp³-hybridized carbons (Fsp3) is 0.400. The van der Waals surface area contributed by atoms with Crippen LogP contribution in [0.25, 0.3) is 10.9 Å². The molecule has 0 bridgehead atoms. The van der Waals surface area contributed by atoms with Crippen LogP contribution in [0, 0.1) is 6.92 Å². The Hall–Kier alpha value is -1.65. The molecular formula is C15H20N2O2. The third-order valence-electron chi connectivity index (χ3n) is 3.15. The number of likely N-dealkylation sites (N-methyl/N-ethyl adjacent to an activating group) is 1. The summed E-state index contributed by atoms with van der Waals surface area (Å²) in [5.74, 6) is 0.791. The lowest BCUT2D eigenvalue weighted by Crippen LogP contribution is -2.32. The summed E-state index contributed by atoms with van der Waals surface area (Å²) >= 11 is 0. The highest BCUT2D eigenvalue weighted by atomic mass is 16.5. The molecule has 0 radical (unpaired) electrons. The van der Waals surface area contributed by atoms with Crippen molar-refractivity contribution in [3.05, 3.63) is 36.0 Å². The van der Waals surface area contributed by atoms with Crippen LogP contribution in [0.5, 0.6) is 5.75 Å². The molecule has 2 N–H and O–H groups in total. The molecule has 1 atom stereocenters. The van der Waals surface area contributed by atoms with Gasteiger partial charge in [-0.25, -0.2) is 4.98 Å². The number of aryl methyl sites for hydroxylation is 1. The second kappa shape index (κ2) is 6.50. The van der Waals surface area contributed by atoms with Gasteiger partial charge in [0.05, 0.1) is 0 Å². The molecule has 0 aliphatic rings. The molecule has 1 aromatic heterocycles. The van der Waals surface area contributed by atoms with Crippen LogP contribution in [-0.2, 0) is 0 Å². The van der Waals surface area contributed by atoms with Crippen LogP contribution < -0.4 is 10.1 Å². The SMILES string of the molecule is CNC(CCO)COc1cccc2ccc(C)nc12. The molecule has 0 amide bonds. The predicted molar refractivity (Wildman–Crippen MR) is 76.5 cm³/mol. The molecule has 102 valence electrons. The zero-order chi connectivity index (χ0) is 13.7. The molecule has 0 fully saturated rings. The summed E-state index contributed by atoms with van der Waals surface area (Å²) in [6.07, 6.45) is 0.674. The van der Waals surface area contributed by atoms with Crippen molar-refractivity contribution in [2.45, 2.75) is 19.4 Å². The fourth-order valence-corrected chi connectivity index (χ4v) is 1.99. The Balaban J connectivity index is 2.18. The summed E-state index contributed by atoms with van der Waals surface area (Å²) in [6.45, 7) is 2.64. The van der Waals surface area contributed by atoms with Crippen LogP contribution in [0.15, 0.2) is 30.3 Å². The van der Waals surface area contributed by atoms with E-state index in [9.17, 15) is 0 Å². The van der Waals surface area contributed by atoms with E-state index in [4.69, 9.17) is 9.84 Å². The number of hydrogen-bond acceptors (Lipinski definition) is 4. The molecule has 0 saturated carbocycles. The molecule has 0 saturated heterocycles. The molecule has 4 heteroatoms. The molecular weight excluding hydrogens is 240 g/mol. The molecule has 1 aromatic carbocycles. The van der Waals surface area contributed by atoms with Crippen molar-refractivity contribution >= 4 is 10.9 Å². The monoisotopic (exact) mass is 260 g/mol. The number of nitrogens with zero attached hydrogens (tertiary/aromatic N) is 1. The van der Waals surface area contributed by atoms with Crippen LogP contribution in [-0.4, -0.2) is 36.4 Å². The number of pyridine rings is 1. The van der Waals surface area contributed by atoms with E-state index in [1.165, 1.54) is 0 Å². The van der Waals surface area contributed by atoms with Crippen LogP contribution in [0.4, 0.5) is 0 Å².